The molecule has 8 nitrogen and oxygen atoms in total. The number of nitro groups is 1. The Kier molecular flexibility index (Phi) is 5.09. The summed E-state index contributed by atoms with van der Waals surface area (Å²) in [5, 5.41) is 29.9. The van der Waals surface area contributed by atoms with Gasteiger partial charge in [0.25, 0.3) is 5.69 Å². The number of ether oxygens (including phenoxy) is 1. The summed E-state index contributed by atoms with van der Waals surface area (Å²) in [7, 11) is 0. The topological polar surface area (TPSA) is 118 Å². The maximum Gasteiger partial charge on any atom is 0.471 e. The Hall–Kier alpha value is -3.44. The van der Waals surface area contributed by atoms with Gasteiger partial charge in [0.1, 0.15) is 0 Å². The van der Waals surface area contributed by atoms with Crippen LogP contribution in [0.4, 0.5) is 5.69 Å². The van der Waals surface area contributed by atoms with Crippen LogP contribution in [0.15, 0.2) is 54.5 Å². The van der Waals surface area contributed by atoms with Crippen LogP contribution >= 0.6 is 11.6 Å². The van der Waals surface area contributed by atoms with Gasteiger partial charge in [0.15, 0.2) is 4.98 Å². The number of halogens is 1. The quantitative estimate of drug-likeness (QED) is 0.292. The number of benzene rings is 2. The first-order valence-electron chi connectivity index (χ1n) is 6.43. The summed E-state index contributed by atoms with van der Waals surface area (Å²) in [6.07, 6.45) is 0. The van der Waals surface area contributed by atoms with E-state index in [0.717, 1.165) is 12.1 Å². The second-order valence-corrected chi connectivity index (χ2v) is 4.89. The minimum atomic E-state index is -0.952. The summed E-state index contributed by atoms with van der Waals surface area (Å²) in [6.45, 7) is 0. The Morgan fingerprint density at radius 3 is 2.17 bits per heavy atom. The van der Waals surface area contributed by atoms with E-state index >= 15 is 0 Å². The molecule has 0 bridgehead atoms. The van der Waals surface area contributed by atoms with Crippen molar-refractivity contribution in [2.24, 2.45) is 0 Å². The highest BCUT2D eigenvalue weighted by Crippen LogP contribution is 2.23. The monoisotopic (exact) mass is 346 g/mol. The van der Waals surface area contributed by atoms with Crippen LogP contribution in [0.2, 0.25) is 5.02 Å². The van der Waals surface area contributed by atoms with Gasteiger partial charge in [-0.15, -0.1) is 0 Å². The van der Waals surface area contributed by atoms with Crippen molar-refractivity contribution in [3.63, 3.8) is 0 Å². The third kappa shape index (κ3) is 3.85. The molecule has 0 spiro atoms. The lowest BCUT2D eigenvalue weighted by Gasteiger charge is -2.01. The highest BCUT2D eigenvalue weighted by molar-refractivity contribution is 6.30. The lowest BCUT2D eigenvalue weighted by molar-refractivity contribution is -0.384. The number of nitrogens with zero attached hydrogens (tertiary/aromatic N) is 3. The van der Waals surface area contributed by atoms with Crippen molar-refractivity contribution in [3.8, 4) is 0 Å². The average molecular weight is 347 g/mol. The number of aliphatic hydroxyl groups is 1. The standard InChI is InChI=1S/C15H8ClN3O5/c16-11-5-1-10(2-6-11)14(20)24-15(21)13(18-17)9-3-7-12(8-4-9)19(22)23/h1-8H/p+1/b15-13-. The second kappa shape index (κ2) is 7.21. The molecule has 0 saturated carbocycles. The number of esters is 1. The normalized spacial score (nSPS) is 11.2. The number of carbonyl (C=O) groups excluding carboxylic acids is 1. The van der Waals surface area contributed by atoms with Crippen molar-refractivity contribution >= 4 is 29.0 Å². The fourth-order valence-corrected chi connectivity index (χ4v) is 1.87. The molecule has 0 atom stereocenters. The van der Waals surface area contributed by atoms with Gasteiger partial charge in [0.05, 0.1) is 16.1 Å². The molecular weight excluding hydrogens is 338 g/mol. The van der Waals surface area contributed by atoms with Crippen LogP contribution in [0.5, 0.6) is 0 Å². The lowest BCUT2D eigenvalue weighted by Crippen LogP contribution is -2.06. The molecular formula is C15H9ClN3O5+. The molecule has 0 heterocycles. The van der Waals surface area contributed by atoms with Gasteiger partial charge in [-0.1, -0.05) is 11.6 Å². The van der Waals surface area contributed by atoms with Gasteiger partial charge in [-0.2, -0.15) is 0 Å². The van der Waals surface area contributed by atoms with Crippen LogP contribution in [-0.2, 0) is 4.74 Å². The Morgan fingerprint density at radius 1 is 1.12 bits per heavy atom. The summed E-state index contributed by atoms with van der Waals surface area (Å²) in [4.78, 5) is 24.7. The van der Waals surface area contributed by atoms with Gasteiger partial charge in [0, 0.05) is 17.2 Å². The molecule has 9 heteroatoms. The van der Waals surface area contributed by atoms with E-state index in [1.54, 1.807) is 0 Å². The third-order valence-corrected chi connectivity index (χ3v) is 3.18. The van der Waals surface area contributed by atoms with Gasteiger partial charge < -0.3 is 9.84 Å². The first-order chi connectivity index (χ1) is 11.4. The fourth-order valence-electron chi connectivity index (χ4n) is 1.75. The average Bonchev–Trinajstić information content (AvgIpc) is 2.56. The molecule has 0 aromatic heterocycles. The molecule has 0 fully saturated rings. The van der Waals surface area contributed by atoms with Gasteiger partial charge in [-0.05, 0) is 36.4 Å². The fraction of sp³-hybridized carbons (Fsp3) is 0. The van der Waals surface area contributed by atoms with E-state index in [2.05, 4.69) is 4.98 Å². The summed E-state index contributed by atoms with van der Waals surface area (Å²) >= 11 is 5.70. The minimum Gasteiger partial charge on any atom is -0.475 e. The number of carbonyl (C=O) groups is 1. The maximum atomic E-state index is 11.9. The molecule has 2 aromatic rings. The first kappa shape index (κ1) is 16.9. The highest BCUT2D eigenvalue weighted by Gasteiger charge is 2.26. The highest BCUT2D eigenvalue weighted by atomic mass is 35.5. The zero-order valence-corrected chi connectivity index (χ0v) is 12.7. The van der Waals surface area contributed by atoms with Gasteiger partial charge in [-0.25, -0.2) is 4.79 Å². The summed E-state index contributed by atoms with van der Waals surface area (Å²) < 4.78 is 4.73. The van der Waals surface area contributed by atoms with Crippen LogP contribution in [0.1, 0.15) is 15.9 Å². The predicted molar refractivity (Wildman–Crippen MR) is 84.6 cm³/mol. The predicted octanol–water partition coefficient (Wildman–Crippen LogP) is 4.14. The Morgan fingerprint density at radius 2 is 1.67 bits per heavy atom. The van der Waals surface area contributed by atoms with E-state index < -0.39 is 22.5 Å². The van der Waals surface area contributed by atoms with E-state index in [0.29, 0.717) is 5.02 Å². The van der Waals surface area contributed by atoms with Crippen LogP contribution in [0, 0.1) is 15.5 Å². The molecule has 24 heavy (non-hydrogen) atoms. The van der Waals surface area contributed by atoms with E-state index in [9.17, 15) is 20.0 Å². The molecule has 0 aliphatic heterocycles. The van der Waals surface area contributed by atoms with Gasteiger partial charge >= 0.3 is 17.6 Å². The van der Waals surface area contributed by atoms with Crippen molar-refractivity contribution in [3.05, 3.63) is 85.7 Å². The maximum absolute atomic E-state index is 11.9. The van der Waals surface area contributed by atoms with Gasteiger partial charge in [-0.3, -0.25) is 10.1 Å². The first-order valence-corrected chi connectivity index (χ1v) is 6.81. The molecule has 0 aliphatic carbocycles. The van der Waals surface area contributed by atoms with E-state index in [1.165, 1.54) is 36.4 Å². The van der Waals surface area contributed by atoms with E-state index in [1.807, 2.05) is 0 Å². The van der Waals surface area contributed by atoms with Gasteiger partial charge in [0.2, 0.25) is 5.39 Å². The van der Waals surface area contributed by atoms with Crippen molar-refractivity contribution in [1.82, 2.24) is 0 Å². The zero-order chi connectivity index (χ0) is 17.7. The molecule has 0 unspecified atom stereocenters. The van der Waals surface area contributed by atoms with E-state index in [4.69, 9.17) is 21.7 Å². The lowest BCUT2D eigenvalue weighted by atomic mass is 10.1. The molecule has 0 amide bonds. The van der Waals surface area contributed by atoms with E-state index in [-0.39, 0.29) is 16.8 Å². The molecule has 2 aromatic carbocycles. The van der Waals surface area contributed by atoms with Crippen molar-refractivity contribution in [1.29, 1.82) is 5.39 Å². The third-order valence-electron chi connectivity index (χ3n) is 2.92. The smallest absolute Gasteiger partial charge is 0.471 e. The molecule has 120 valence electrons. The van der Waals surface area contributed by atoms with Crippen LogP contribution in [0.25, 0.3) is 10.7 Å². The van der Waals surface area contributed by atoms with Crippen molar-refractivity contribution in [2.75, 3.05) is 0 Å². The molecule has 0 radical (unpaired) electrons. The molecule has 1 N–H and O–H groups in total. The summed E-state index contributed by atoms with van der Waals surface area (Å²) in [5.74, 6) is -1.85. The minimum absolute atomic E-state index is 0.115. The second-order valence-electron chi connectivity index (χ2n) is 4.45. The SMILES string of the molecule is N#[N+]/C(=C(/O)OC(=O)c1ccc(Cl)cc1)c1ccc([N+](=O)[O-])cc1. The molecule has 0 saturated heterocycles. The number of hydrogen-bond acceptors (Lipinski definition) is 6. The van der Waals surface area contributed by atoms with Crippen LogP contribution < -0.4 is 0 Å². The molecule has 2 rings (SSSR count). The summed E-state index contributed by atoms with van der Waals surface area (Å²) in [6, 6.07) is 10.5. The Bertz CT molecular complexity index is 854. The number of diazo groups is 1. The summed E-state index contributed by atoms with van der Waals surface area (Å²) in [5.41, 5.74) is -0.405. The van der Waals surface area contributed by atoms with Crippen LogP contribution in [-0.4, -0.2) is 16.0 Å². The zero-order valence-electron chi connectivity index (χ0n) is 11.9. The number of hydrogen-bond donors (Lipinski definition) is 1. The molecule has 0 aliphatic rings. The Labute approximate surface area is 140 Å². The number of non-ortho nitro benzene ring substituents is 1. The van der Waals surface area contributed by atoms with Crippen LogP contribution in [0.3, 0.4) is 0 Å². The van der Waals surface area contributed by atoms with Crippen molar-refractivity contribution in [2.45, 2.75) is 0 Å². The Balaban J connectivity index is 2.26. The largest absolute Gasteiger partial charge is 0.475 e. The number of rotatable bonds is 4. The number of aliphatic hydroxyl groups excluding tert-OH is 1. The van der Waals surface area contributed by atoms with Crippen molar-refractivity contribution < 1.29 is 19.6 Å². The number of nitro benzene ring substituents is 1.